The zero-order valence-corrected chi connectivity index (χ0v) is 18.6. The van der Waals surface area contributed by atoms with Crippen molar-refractivity contribution in [2.75, 3.05) is 50.8 Å². The lowest BCUT2D eigenvalue weighted by Gasteiger charge is -2.34. The molecule has 0 bridgehead atoms. The van der Waals surface area contributed by atoms with Crippen molar-refractivity contribution in [3.8, 4) is 22.7 Å². The number of nitrogen functional groups attached to an aromatic ring is 1. The molecule has 2 aliphatic heterocycles. The minimum atomic E-state index is -0.0493. The van der Waals surface area contributed by atoms with Gasteiger partial charge in [0.1, 0.15) is 11.4 Å². The van der Waals surface area contributed by atoms with Gasteiger partial charge in [-0.1, -0.05) is 12.1 Å². The first kappa shape index (κ1) is 21.6. The van der Waals surface area contributed by atoms with Crippen molar-refractivity contribution in [2.24, 2.45) is 5.92 Å². The zero-order valence-electron chi connectivity index (χ0n) is 18.6. The quantitative estimate of drug-likeness (QED) is 0.541. The lowest BCUT2D eigenvalue weighted by atomic mass is 9.96. The van der Waals surface area contributed by atoms with Gasteiger partial charge in [0.05, 0.1) is 37.0 Å². The molecule has 0 radical (unpaired) electrons. The number of anilines is 2. The van der Waals surface area contributed by atoms with Gasteiger partial charge in [0.2, 0.25) is 0 Å². The molecular weight excluding hydrogens is 424 g/mol. The highest BCUT2D eigenvalue weighted by atomic mass is 16.7. The summed E-state index contributed by atoms with van der Waals surface area (Å²) < 4.78 is 23.8. The minimum absolute atomic E-state index is 0.0493. The lowest BCUT2D eigenvalue weighted by molar-refractivity contribution is -0.0889. The van der Waals surface area contributed by atoms with E-state index in [0.717, 1.165) is 37.2 Å². The fourth-order valence-corrected chi connectivity index (χ4v) is 4.32. The van der Waals surface area contributed by atoms with Crippen LogP contribution in [0.1, 0.15) is 12.8 Å². The monoisotopic (exact) mass is 452 g/mol. The van der Waals surface area contributed by atoms with Crippen molar-refractivity contribution in [1.82, 2.24) is 20.0 Å². The summed E-state index contributed by atoms with van der Waals surface area (Å²) in [6.45, 7) is 3.40. The summed E-state index contributed by atoms with van der Waals surface area (Å²) in [6.07, 6.45) is 5.84. The molecule has 10 nitrogen and oxygen atoms in total. The molecule has 3 aromatic rings. The molecule has 4 heterocycles. The molecule has 5 rings (SSSR count). The average Bonchev–Trinajstić information content (AvgIpc) is 3.56. The first-order valence-electron chi connectivity index (χ1n) is 11.1. The van der Waals surface area contributed by atoms with Gasteiger partial charge in [0.15, 0.2) is 18.9 Å². The summed E-state index contributed by atoms with van der Waals surface area (Å²) in [7, 11) is 1.58. The number of piperidine rings is 1. The maximum absolute atomic E-state index is 6.17. The van der Waals surface area contributed by atoms with E-state index >= 15 is 0 Å². The number of hydrogen-bond donors (Lipinski definition) is 1. The maximum Gasteiger partial charge on any atom is 0.188 e. The predicted molar refractivity (Wildman–Crippen MR) is 122 cm³/mol. The van der Waals surface area contributed by atoms with Crippen molar-refractivity contribution < 1.29 is 18.9 Å². The number of benzene rings is 1. The fourth-order valence-electron chi connectivity index (χ4n) is 4.32. The summed E-state index contributed by atoms with van der Waals surface area (Å²) in [5, 5.41) is 13.0. The van der Waals surface area contributed by atoms with Crippen LogP contribution < -0.4 is 15.4 Å². The number of methoxy groups -OCH3 is 1. The normalized spacial score (nSPS) is 17.5. The van der Waals surface area contributed by atoms with E-state index in [1.165, 1.54) is 0 Å². The average molecular weight is 453 g/mol. The van der Waals surface area contributed by atoms with E-state index in [1.54, 1.807) is 11.8 Å². The Bertz CT molecular complexity index is 1080. The second-order valence-corrected chi connectivity index (χ2v) is 8.12. The van der Waals surface area contributed by atoms with Crippen LogP contribution in [0.4, 0.5) is 11.5 Å². The Labute approximate surface area is 192 Å². The Balaban J connectivity index is 1.34. The van der Waals surface area contributed by atoms with Gasteiger partial charge in [-0.05, 0) is 31.0 Å². The van der Waals surface area contributed by atoms with Crippen LogP contribution in [0, 0.1) is 5.92 Å². The van der Waals surface area contributed by atoms with Crippen LogP contribution in [0.3, 0.4) is 0 Å². The number of ether oxygens (including phenoxy) is 4. The van der Waals surface area contributed by atoms with Crippen LogP contribution in [0.2, 0.25) is 0 Å². The third-order valence-electron chi connectivity index (χ3n) is 6.05. The van der Waals surface area contributed by atoms with Gasteiger partial charge < -0.3 is 29.6 Å². The highest BCUT2D eigenvalue weighted by Gasteiger charge is 2.30. The van der Waals surface area contributed by atoms with E-state index in [0.29, 0.717) is 42.1 Å². The molecule has 0 aliphatic carbocycles. The van der Waals surface area contributed by atoms with Gasteiger partial charge in [-0.2, -0.15) is 5.10 Å². The van der Waals surface area contributed by atoms with Gasteiger partial charge in [0.25, 0.3) is 0 Å². The van der Waals surface area contributed by atoms with Crippen LogP contribution in [-0.4, -0.2) is 66.5 Å². The molecule has 0 saturated carbocycles. The Kier molecular flexibility index (Phi) is 6.38. The van der Waals surface area contributed by atoms with E-state index in [4.69, 9.17) is 24.7 Å². The molecular formula is C23H28N6O4. The molecule has 10 heteroatoms. The van der Waals surface area contributed by atoms with E-state index in [-0.39, 0.29) is 13.1 Å². The Morgan fingerprint density at radius 2 is 1.91 bits per heavy atom. The van der Waals surface area contributed by atoms with Crippen LogP contribution in [0.25, 0.3) is 16.9 Å². The summed E-state index contributed by atoms with van der Waals surface area (Å²) in [4.78, 5) is 2.33. The van der Waals surface area contributed by atoms with Crippen molar-refractivity contribution in [1.29, 1.82) is 0 Å². The molecule has 0 amide bonds. The molecule has 2 aromatic heterocycles. The Morgan fingerprint density at radius 3 is 2.70 bits per heavy atom. The van der Waals surface area contributed by atoms with Crippen LogP contribution >= 0.6 is 0 Å². The minimum Gasteiger partial charge on any atom is -0.467 e. The number of aromatic nitrogens is 4. The van der Waals surface area contributed by atoms with E-state index < -0.39 is 0 Å². The smallest absolute Gasteiger partial charge is 0.188 e. The molecule has 174 valence electrons. The summed E-state index contributed by atoms with van der Waals surface area (Å²) in [5.74, 6) is 1.41. The van der Waals surface area contributed by atoms with Crippen molar-refractivity contribution >= 4 is 11.5 Å². The molecule has 2 saturated heterocycles. The maximum atomic E-state index is 6.17. The summed E-state index contributed by atoms with van der Waals surface area (Å²) in [6, 6.07) is 9.47. The van der Waals surface area contributed by atoms with Gasteiger partial charge in [-0.15, -0.1) is 10.2 Å². The van der Waals surface area contributed by atoms with Crippen LogP contribution in [0.15, 0.2) is 42.7 Å². The van der Waals surface area contributed by atoms with Gasteiger partial charge >= 0.3 is 0 Å². The Hall–Kier alpha value is -3.21. The van der Waals surface area contributed by atoms with Crippen molar-refractivity contribution in [3.63, 3.8) is 0 Å². The molecule has 2 aliphatic rings. The summed E-state index contributed by atoms with van der Waals surface area (Å²) in [5.41, 5.74) is 9.31. The fraction of sp³-hybridized carbons (Fsp3) is 0.435. The van der Waals surface area contributed by atoms with Crippen molar-refractivity contribution in [3.05, 3.63) is 42.7 Å². The number of para-hydroxylation sites is 1. The molecule has 0 unspecified atom stereocenters. The lowest BCUT2D eigenvalue weighted by Crippen LogP contribution is -2.38. The topological polar surface area (TPSA) is 110 Å². The zero-order chi connectivity index (χ0) is 22.6. The second-order valence-electron chi connectivity index (χ2n) is 8.12. The van der Waals surface area contributed by atoms with E-state index in [1.807, 2.05) is 42.7 Å². The van der Waals surface area contributed by atoms with Gasteiger partial charge in [-0.25, -0.2) is 4.68 Å². The number of rotatable bonds is 7. The first-order valence-corrected chi connectivity index (χ1v) is 11.1. The van der Waals surface area contributed by atoms with Crippen LogP contribution in [0.5, 0.6) is 5.75 Å². The van der Waals surface area contributed by atoms with Crippen molar-refractivity contribution in [2.45, 2.75) is 19.1 Å². The highest BCUT2D eigenvalue weighted by molar-refractivity contribution is 5.70. The number of nitrogens with zero attached hydrogens (tertiary/aromatic N) is 5. The molecule has 33 heavy (non-hydrogen) atoms. The molecule has 0 atom stereocenters. The molecule has 0 spiro atoms. The van der Waals surface area contributed by atoms with Crippen LogP contribution in [-0.2, 0) is 14.2 Å². The SMILES string of the molecule is COCOc1ccccc1-c1cc(-n2cc(N3CCC(C4OCCO4)CC3)cn2)c(N)nn1. The molecule has 2 N–H and O–H groups in total. The summed E-state index contributed by atoms with van der Waals surface area (Å²) >= 11 is 0. The number of hydrogen-bond acceptors (Lipinski definition) is 9. The molecule has 2 fully saturated rings. The largest absolute Gasteiger partial charge is 0.467 e. The van der Waals surface area contributed by atoms with Gasteiger partial charge in [-0.3, -0.25) is 0 Å². The number of nitrogens with two attached hydrogens (primary N) is 1. The van der Waals surface area contributed by atoms with Gasteiger partial charge in [0, 0.05) is 31.7 Å². The first-order chi connectivity index (χ1) is 16.2. The Morgan fingerprint density at radius 1 is 1.12 bits per heavy atom. The van der Waals surface area contributed by atoms with E-state index in [2.05, 4.69) is 20.2 Å². The van der Waals surface area contributed by atoms with E-state index in [9.17, 15) is 0 Å². The third kappa shape index (κ3) is 4.63. The second kappa shape index (κ2) is 9.74. The third-order valence-corrected chi connectivity index (χ3v) is 6.05. The predicted octanol–water partition coefficient (Wildman–Crippen LogP) is 2.48. The molecule has 1 aromatic carbocycles. The highest BCUT2D eigenvalue weighted by Crippen LogP contribution is 2.32. The standard InChI is InChI=1S/C23H28N6O4/c1-30-15-33-21-5-3-2-4-18(21)19-12-20(22(24)27-26-19)29-14-17(13-25-29)28-8-6-16(7-9-28)23-31-10-11-32-23/h2-5,12-14,16,23H,6-11,15H2,1H3,(H2,24,27).